The van der Waals surface area contributed by atoms with Crippen LogP contribution in [0.2, 0.25) is 0 Å². The van der Waals surface area contributed by atoms with Gasteiger partial charge in [-0.15, -0.1) is 65.7 Å². The molecule has 211 valence electrons. The maximum atomic E-state index is 4.68. The molecule has 5 heteroatoms. The van der Waals surface area contributed by atoms with Crippen molar-refractivity contribution < 1.29 is 20.1 Å². The minimum Gasteiger partial charge on any atom is -0.305 e. The van der Waals surface area contributed by atoms with Crippen molar-refractivity contribution in [2.24, 2.45) is 0 Å². The summed E-state index contributed by atoms with van der Waals surface area (Å²) in [6.07, 6.45) is 7.12. The number of aromatic nitrogens is 4. The Morgan fingerprint density at radius 3 is 1.84 bits per heavy atom. The van der Waals surface area contributed by atoms with E-state index in [9.17, 15) is 0 Å². The monoisotopic (exact) mass is 733 g/mol. The minimum absolute atomic E-state index is 0. The maximum Gasteiger partial charge on any atom is 0.0970 e. The van der Waals surface area contributed by atoms with Gasteiger partial charge in [-0.2, -0.15) is 0 Å². The second-order valence-electron chi connectivity index (χ2n) is 9.98. The molecule has 0 aliphatic heterocycles. The van der Waals surface area contributed by atoms with Crippen LogP contribution in [0.1, 0.15) is 11.1 Å². The third-order valence-corrected chi connectivity index (χ3v) is 6.94. The Morgan fingerprint density at radius 2 is 1.16 bits per heavy atom. The van der Waals surface area contributed by atoms with Crippen LogP contribution < -0.4 is 0 Å². The van der Waals surface area contributed by atoms with E-state index in [1.807, 2.05) is 60.8 Å². The average molecular weight is 733 g/mol. The minimum atomic E-state index is 0. The number of hydrogen-bond acceptors (Lipinski definition) is 4. The van der Waals surface area contributed by atoms with E-state index in [-0.39, 0.29) is 20.1 Å². The van der Waals surface area contributed by atoms with Gasteiger partial charge in [-0.1, -0.05) is 71.3 Å². The molecule has 3 aromatic heterocycles. The summed E-state index contributed by atoms with van der Waals surface area (Å²) in [5.74, 6) is 0. The van der Waals surface area contributed by atoms with Gasteiger partial charge < -0.3 is 9.97 Å². The van der Waals surface area contributed by atoms with Gasteiger partial charge >= 0.3 is 0 Å². The Bertz CT molecular complexity index is 1940. The van der Waals surface area contributed by atoms with Crippen LogP contribution in [0.15, 0.2) is 134 Å². The SMILES string of the molecule is Cc1ccc(-c2ccc(-c3cc[c-]c(-c4ccccn4)c3)c3nccnc23)cc1.Cc1ccnc(-c2[c-]cccc2)c1.[Ir]. The molecule has 7 rings (SSSR count). The van der Waals surface area contributed by atoms with Gasteiger partial charge in [0.1, 0.15) is 0 Å². The predicted molar refractivity (Wildman–Crippen MR) is 170 cm³/mol. The number of rotatable bonds is 4. The van der Waals surface area contributed by atoms with Crippen molar-refractivity contribution in [1.29, 1.82) is 0 Å². The van der Waals surface area contributed by atoms with Gasteiger partial charge in [-0.3, -0.25) is 9.97 Å². The van der Waals surface area contributed by atoms with Crippen molar-refractivity contribution in [3.05, 3.63) is 157 Å². The summed E-state index contributed by atoms with van der Waals surface area (Å²) in [5.41, 5.74) is 12.5. The molecule has 43 heavy (non-hydrogen) atoms. The van der Waals surface area contributed by atoms with Crippen molar-refractivity contribution >= 4 is 11.0 Å². The summed E-state index contributed by atoms with van der Waals surface area (Å²) in [6, 6.07) is 43.1. The van der Waals surface area contributed by atoms with Gasteiger partial charge in [0.05, 0.1) is 11.0 Å². The first-order valence-corrected chi connectivity index (χ1v) is 13.8. The first-order chi connectivity index (χ1) is 20.7. The summed E-state index contributed by atoms with van der Waals surface area (Å²) in [6.45, 7) is 4.16. The molecular formula is C38H28IrN4-2. The number of aryl methyl sites for hydroxylation is 2. The van der Waals surface area contributed by atoms with E-state index in [0.717, 1.165) is 55.8 Å². The maximum absolute atomic E-state index is 4.68. The van der Waals surface area contributed by atoms with Crippen LogP contribution in [-0.4, -0.2) is 19.9 Å². The fraction of sp³-hybridized carbons (Fsp3) is 0.0526. The van der Waals surface area contributed by atoms with E-state index < -0.39 is 0 Å². The molecule has 1 radical (unpaired) electrons. The third kappa shape index (κ3) is 6.98. The molecule has 0 fully saturated rings. The first kappa shape index (κ1) is 29.7. The van der Waals surface area contributed by atoms with Crippen LogP contribution in [-0.2, 0) is 20.1 Å². The summed E-state index contributed by atoms with van der Waals surface area (Å²) >= 11 is 0. The summed E-state index contributed by atoms with van der Waals surface area (Å²) in [7, 11) is 0. The van der Waals surface area contributed by atoms with Gasteiger partial charge in [0.15, 0.2) is 0 Å². The molecular weight excluding hydrogens is 705 g/mol. The molecule has 0 amide bonds. The van der Waals surface area contributed by atoms with Gasteiger partial charge in [-0.05, 0) is 48.5 Å². The predicted octanol–water partition coefficient (Wildman–Crippen LogP) is 8.99. The van der Waals surface area contributed by atoms with Crippen molar-refractivity contribution in [2.75, 3.05) is 0 Å². The van der Waals surface area contributed by atoms with Crippen LogP contribution in [0.3, 0.4) is 0 Å². The van der Waals surface area contributed by atoms with Crippen molar-refractivity contribution in [2.45, 2.75) is 13.8 Å². The number of hydrogen-bond donors (Lipinski definition) is 0. The van der Waals surface area contributed by atoms with Gasteiger partial charge in [0, 0.05) is 50.5 Å². The largest absolute Gasteiger partial charge is 0.305 e. The zero-order valence-electron chi connectivity index (χ0n) is 23.8. The van der Waals surface area contributed by atoms with Crippen LogP contribution >= 0.6 is 0 Å². The molecule has 7 aromatic rings. The normalized spacial score (nSPS) is 10.4. The molecule has 0 saturated heterocycles. The summed E-state index contributed by atoms with van der Waals surface area (Å²) < 4.78 is 0. The average Bonchev–Trinajstić information content (AvgIpc) is 3.06. The van der Waals surface area contributed by atoms with E-state index in [4.69, 9.17) is 0 Å². The van der Waals surface area contributed by atoms with Crippen molar-refractivity contribution in [1.82, 2.24) is 19.9 Å². The van der Waals surface area contributed by atoms with Gasteiger partial charge in [0.25, 0.3) is 0 Å². The molecule has 4 nitrogen and oxygen atoms in total. The van der Waals surface area contributed by atoms with Crippen molar-refractivity contribution in [3.8, 4) is 44.8 Å². The van der Waals surface area contributed by atoms with E-state index in [1.54, 1.807) is 18.6 Å². The number of nitrogens with zero attached hydrogens (tertiary/aromatic N) is 4. The van der Waals surface area contributed by atoms with Gasteiger partial charge in [-0.25, -0.2) is 0 Å². The molecule has 0 bridgehead atoms. The quantitative estimate of drug-likeness (QED) is 0.170. The molecule has 0 unspecified atom stereocenters. The van der Waals surface area contributed by atoms with E-state index in [1.165, 1.54) is 11.1 Å². The van der Waals surface area contributed by atoms with E-state index in [0.29, 0.717) is 0 Å². The number of fused-ring (bicyclic) bond motifs is 1. The number of pyridine rings is 2. The first-order valence-electron chi connectivity index (χ1n) is 13.8. The third-order valence-electron chi connectivity index (χ3n) is 6.94. The summed E-state index contributed by atoms with van der Waals surface area (Å²) in [5, 5.41) is 0. The second kappa shape index (κ2) is 13.9. The van der Waals surface area contributed by atoms with Crippen LogP contribution in [0.4, 0.5) is 0 Å². The smallest absolute Gasteiger partial charge is 0.0970 e. The zero-order valence-corrected chi connectivity index (χ0v) is 26.2. The van der Waals surface area contributed by atoms with Crippen LogP contribution in [0.5, 0.6) is 0 Å². The molecule has 3 heterocycles. The van der Waals surface area contributed by atoms with Crippen molar-refractivity contribution in [3.63, 3.8) is 0 Å². The Morgan fingerprint density at radius 1 is 0.465 bits per heavy atom. The van der Waals surface area contributed by atoms with Crippen LogP contribution in [0.25, 0.3) is 55.8 Å². The van der Waals surface area contributed by atoms with Crippen LogP contribution in [0, 0.1) is 26.0 Å². The Labute approximate surface area is 265 Å². The van der Waals surface area contributed by atoms with E-state index in [2.05, 4.69) is 101 Å². The van der Waals surface area contributed by atoms with E-state index >= 15 is 0 Å². The number of benzene rings is 4. The fourth-order valence-corrected chi connectivity index (χ4v) is 4.80. The Kier molecular flexibility index (Phi) is 9.58. The molecule has 0 atom stereocenters. The molecule has 4 aromatic carbocycles. The molecule has 0 N–H and O–H groups in total. The molecule has 0 spiro atoms. The molecule has 0 saturated carbocycles. The molecule has 0 aliphatic rings. The standard InChI is InChI=1S/C26H18N3.C12H10N.Ir/c1-18-8-10-19(11-9-18)22-12-13-23(26-25(22)28-15-16-29-26)20-5-4-6-21(17-20)24-7-2-3-14-27-24;1-10-7-8-13-12(9-10)11-5-3-2-4-6-11;/h2-5,7-17H,1H3;2-5,7-9H,1H3;/q2*-1;. The second-order valence-corrected chi connectivity index (χ2v) is 9.98. The Balaban J connectivity index is 0.000000221. The zero-order chi connectivity index (χ0) is 28.7. The topological polar surface area (TPSA) is 51.6 Å². The Hall–Kier alpha value is -4.83. The fourth-order valence-electron chi connectivity index (χ4n) is 4.80. The molecule has 0 aliphatic carbocycles. The van der Waals surface area contributed by atoms with Gasteiger partial charge in [0.2, 0.25) is 0 Å². The summed E-state index contributed by atoms with van der Waals surface area (Å²) in [4.78, 5) is 18.1.